The molecule has 2 aromatic heterocycles. The van der Waals surface area contributed by atoms with E-state index >= 15 is 0 Å². The van der Waals surface area contributed by atoms with Crippen molar-refractivity contribution in [3.05, 3.63) is 59.7 Å². The number of pyridine rings is 1. The van der Waals surface area contributed by atoms with E-state index in [9.17, 15) is 0 Å². The van der Waals surface area contributed by atoms with Gasteiger partial charge in [-0.05, 0) is 54.7 Å². The molecule has 0 spiro atoms. The number of benzene rings is 1. The molecule has 6 heteroatoms. The quantitative estimate of drug-likeness (QED) is 0.737. The van der Waals surface area contributed by atoms with Crippen molar-refractivity contribution in [2.75, 3.05) is 13.7 Å². The lowest BCUT2D eigenvalue weighted by atomic mass is 9.88. The first-order chi connectivity index (χ1) is 12.8. The molecule has 3 aromatic rings. The predicted octanol–water partition coefficient (Wildman–Crippen LogP) is 2.83. The maximum absolute atomic E-state index is 5.35. The molecule has 0 aliphatic heterocycles. The number of methoxy groups -OCH3 is 1. The minimum Gasteiger partial charge on any atom is -0.497 e. The van der Waals surface area contributed by atoms with E-state index in [1.165, 1.54) is 11.1 Å². The number of aromatic nitrogens is 3. The first kappa shape index (κ1) is 16.7. The Kier molecular flexibility index (Phi) is 4.93. The molecular formula is C20H22N4O2. The minimum atomic E-state index is 0.468. The summed E-state index contributed by atoms with van der Waals surface area (Å²) in [4.78, 5) is 8.53. The predicted molar refractivity (Wildman–Crippen MR) is 98.0 cm³/mol. The van der Waals surface area contributed by atoms with Crippen LogP contribution in [0.25, 0.3) is 11.4 Å². The highest BCUT2D eigenvalue weighted by molar-refractivity contribution is 5.51. The normalized spacial score (nSPS) is 16.3. The third-order valence-corrected chi connectivity index (χ3v) is 4.80. The topological polar surface area (TPSA) is 73.1 Å². The Balaban J connectivity index is 1.31. The second kappa shape index (κ2) is 7.66. The number of hydrogen-bond acceptors (Lipinski definition) is 6. The van der Waals surface area contributed by atoms with Crippen LogP contribution in [0.15, 0.2) is 47.2 Å². The maximum atomic E-state index is 5.35. The van der Waals surface area contributed by atoms with Gasteiger partial charge in [0.25, 0.3) is 0 Å². The van der Waals surface area contributed by atoms with Crippen LogP contribution in [0.2, 0.25) is 0 Å². The lowest BCUT2D eigenvalue weighted by Crippen LogP contribution is -2.35. The molecule has 0 fully saturated rings. The fourth-order valence-corrected chi connectivity index (χ4v) is 3.39. The molecule has 0 unspecified atom stereocenters. The number of nitrogens with zero attached hydrogens (tertiary/aromatic N) is 3. The maximum Gasteiger partial charge on any atom is 0.228 e. The highest BCUT2D eigenvalue weighted by Crippen LogP contribution is 2.25. The summed E-state index contributed by atoms with van der Waals surface area (Å²) in [6.45, 7) is 0.818. The van der Waals surface area contributed by atoms with Gasteiger partial charge < -0.3 is 14.6 Å². The highest BCUT2D eigenvalue weighted by atomic mass is 16.5. The molecule has 1 aliphatic rings. The van der Waals surface area contributed by atoms with Gasteiger partial charge in [-0.15, -0.1) is 0 Å². The van der Waals surface area contributed by atoms with Crippen LogP contribution in [0.3, 0.4) is 0 Å². The van der Waals surface area contributed by atoms with Gasteiger partial charge in [-0.3, -0.25) is 4.98 Å². The van der Waals surface area contributed by atoms with Crippen molar-refractivity contribution in [1.29, 1.82) is 0 Å². The molecule has 0 bridgehead atoms. The third-order valence-electron chi connectivity index (χ3n) is 4.80. The Bertz CT molecular complexity index is 863. The van der Waals surface area contributed by atoms with Crippen molar-refractivity contribution in [2.24, 2.45) is 0 Å². The van der Waals surface area contributed by atoms with Crippen molar-refractivity contribution in [1.82, 2.24) is 20.4 Å². The van der Waals surface area contributed by atoms with Crippen LogP contribution in [0.1, 0.15) is 23.4 Å². The van der Waals surface area contributed by atoms with E-state index in [1.807, 2.05) is 18.2 Å². The fourth-order valence-electron chi connectivity index (χ4n) is 3.39. The van der Waals surface area contributed by atoms with Gasteiger partial charge in [0.1, 0.15) is 5.75 Å². The number of ether oxygens (including phenoxy) is 1. The molecule has 1 aliphatic carbocycles. The van der Waals surface area contributed by atoms with Gasteiger partial charge in [0.15, 0.2) is 0 Å². The molecular weight excluding hydrogens is 328 g/mol. The van der Waals surface area contributed by atoms with Gasteiger partial charge >= 0.3 is 0 Å². The molecule has 134 valence electrons. The molecule has 0 saturated heterocycles. The standard InChI is InChI=1S/C20H22N4O2/c1-25-18-7-5-14-4-6-17(11-16(14)12-18)22-10-8-19-23-20(24-26-19)15-3-2-9-21-13-15/h2-3,5,7,9,12-13,17,22H,4,6,8,10-11H2,1H3/t17-/m1/s1. The zero-order chi connectivity index (χ0) is 17.8. The first-order valence-electron chi connectivity index (χ1n) is 8.94. The molecule has 1 atom stereocenters. The van der Waals surface area contributed by atoms with E-state index in [2.05, 4.69) is 32.6 Å². The number of fused-ring (bicyclic) bond motifs is 1. The van der Waals surface area contributed by atoms with Crippen LogP contribution >= 0.6 is 0 Å². The Hall–Kier alpha value is -2.73. The summed E-state index contributed by atoms with van der Waals surface area (Å²) < 4.78 is 10.7. The van der Waals surface area contributed by atoms with Crippen LogP contribution in [0, 0.1) is 0 Å². The summed E-state index contributed by atoms with van der Waals surface area (Å²) >= 11 is 0. The second-order valence-electron chi connectivity index (χ2n) is 6.53. The van der Waals surface area contributed by atoms with Gasteiger partial charge in [0.05, 0.1) is 7.11 Å². The van der Waals surface area contributed by atoms with Crippen molar-refractivity contribution in [2.45, 2.75) is 31.7 Å². The van der Waals surface area contributed by atoms with E-state index in [0.29, 0.717) is 24.2 Å². The molecule has 0 saturated carbocycles. The molecule has 0 radical (unpaired) electrons. The summed E-state index contributed by atoms with van der Waals surface area (Å²) in [5.74, 6) is 2.17. The average Bonchev–Trinajstić information content (AvgIpc) is 3.17. The third kappa shape index (κ3) is 3.75. The first-order valence-corrected chi connectivity index (χ1v) is 8.94. The molecule has 2 heterocycles. The van der Waals surface area contributed by atoms with Gasteiger partial charge in [-0.25, -0.2) is 0 Å². The van der Waals surface area contributed by atoms with Crippen molar-refractivity contribution < 1.29 is 9.26 Å². The molecule has 1 aromatic carbocycles. The van der Waals surface area contributed by atoms with E-state index in [0.717, 1.165) is 37.1 Å². The van der Waals surface area contributed by atoms with Crippen molar-refractivity contribution >= 4 is 0 Å². The molecule has 1 N–H and O–H groups in total. The van der Waals surface area contributed by atoms with E-state index in [-0.39, 0.29) is 0 Å². The average molecular weight is 350 g/mol. The Morgan fingerprint density at radius 1 is 1.27 bits per heavy atom. The van der Waals surface area contributed by atoms with E-state index in [1.54, 1.807) is 19.5 Å². The molecule has 6 nitrogen and oxygen atoms in total. The lowest BCUT2D eigenvalue weighted by molar-refractivity contribution is 0.369. The van der Waals surface area contributed by atoms with Crippen LogP contribution in [-0.2, 0) is 19.3 Å². The number of nitrogens with one attached hydrogen (secondary N) is 1. The summed E-state index contributed by atoms with van der Waals surface area (Å²) in [5.41, 5.74) is 3.68. The van der Waals surface area contributed by atoms with E-state index < -0.39 is 0 Å². The lowest BCUT2D eigenvalue weighted by Gasteiger charge is -2.25. The summed E-state index contributed by atoms with van der Waals surface area (Å²) in [6, 6.07) is 10.6. The van der Waals surface area contributed by atoms with Gasteiger partial charge in [0.2, 0.25) is 11.7 Å². The zero-order valence-corrected chi connectivity index (χ0v) is 14.8. The zero-order valence-electron chi connectivity index (χ0n) is 14.8. The molecule has 0 amide bonds. The van der Waals surface area contributed by atoms with Gasteiger partial charge in [0, 0.05) is 37.0 Å². The highest BCUT2D eigenvalue weighted by Gasteiger charge is 2.19. The summed E-state index contributed by atoms with van der Waals surface area (Å²) in [5, 5.41) is 7.65. The Morgan fingerprint density at radius 3 is 3.08 bits per heavy atom. The minimum absolute atomic E-state index is 0.468. The molecule has 26 heavy (non-hydrogen) atoms. The van der Waals surface area contributed by atoms with Crippen molar-refractivity contribution in [3.8, 4) is 17.1 Å². The van der Waals surface area contributed by atoms with Crippen LogP contribution < -0.4 is 10.1 Å². The smallest absolute Gasteiger partial charge is 0.228 e. The fraction of sp³-hybridized carbons (Fsp3) is 0.350. The largest absolute Gasteiger partial charge is 0.497 e. The Labute approximate surface area is 152 Å². The number of hydrogen-bond donors (Lipinski definition) is 1. The monoisotopic (exact) mass is 350 g/mol. The van der Waals surface area contributed by atoms with Crippen LogP contribution in [0.5, 0.6) is 5.75 Å². The number of aryl methyl sites for hydroxylation is 1. The number of rotatable bonds is 6. The SMILES string of the molecule is COc1ccc2c(c1)C[C@H](NCCc1nc(-c3cccnc3)no1)CC2. The summed E-state index contributed by atoms with van der Waals surface area (Å²) in [7, 11) is 1.71. The van der Waals surface area contributed by atoms with Crippen LogP contribution in [0.4, 0.5) is 0 Å². The van der Waals surface area contributed by atoms with Crippen molar-refractivity contribution in [3.63, 3.8) is 0 Å². The van der Waals surface area contributed by atoms with E-state index in [4.69, 9.17) is 9.26 Å². The van der Waals surface area contributed by atoms with Crippen LogP contribution in [-0.4, -0.2) is 34.8 Å². The second-order valence-corrected chi connectivity index (χ2v) is 6.53. The summed E-state index contributed by atoms with van der Waals surface area (Å²) in [6.07, 6.45) is 7.45. The van der Waals surface area contributed by atoms with Gasteiger partial charge in [-0.1, -0.05) is 11.2 Å². The van der Waals surface area contributed by atoms with Gasteiger partial charge in [-0.2, -0.15) is 4.98 Å². The molecule has 4 rings (SSSR count). The Morgan fingerprint density at radius 2 is 2.23 bits per heavy atom.